The number of oxazole rings is 1. The first kappa shape index (κ1) is 21.7. The zero-order valence-electron chi connectivity index (χ0n) is 17.5. The zero-order valence-corrected chi connectivity index (χ0v) is 19.1. The van der Waals surface area contributed by atoms with Crippen molar-refractivity contribution in [3.63, 3.8) is 0 Å². The van der Waals surface area contributed by atoms with E-state index in [9.17, 15) is 8.42 Å². The highest BCUT2D eigenvalue weighted by Crippen LogP contribution is 2.37. The smallest absolute Gasteiger partial charge is 0.236 e. The Hall–Kier alpha value is -2.51. The van der Waals surface area contributed by atoms with E-state index in [2.05, 4.69) is 11.9 Å². The van der Waals surface area contributed by atoms with E-state index in [4.69, 9.17) is 20.8 Å². The quantitative estimate of drug-likeness (QED) is 0.486. The highest BCUT2D eigenvalue weighted by Gasteiger charge is 2.32. The summed E-state index contributed by atoms with van der Waals surface area (Å²) in [5.74, 6) is 1.74. The third-order valence-corrected chi connectivity index (χ3v) is 7.32. The summed E-state index contributed by atoms with van der Waals surface area (Å²) in [6.07, 6.45) is 1.94. The number of aromatic nitrogens is 1. The van der Waals surface area contributed by atoms with E-state index in [0.717, 1.165) is 25.9 Å². The lowest BCUT2D eigenvalue weighted by molar-refractivity contribution is 0.340. The van der Waals surface area contributed by atoms with Gasteiger partial charge in [-0.3, -0.25) is 0 Å². The lowest BCUT2D eigenvalue weighted by atomic mass is 9.99. The molecule has 8 heteroatoms. The van der Waals surface area contributed by atoms with Crippen LogP contribution in [-0.4, -0.2) is 33.1 Å². The fourth-order valence-electron chi connectivity index (χ4n) is 3.62. The summed E-state index contributed by atoms with van der Waals surface area (Å²) in [4.78, 5) is 6.56. The maximum absolute atomic E-state index is 13.5. The molecule has 3 aromatic rings. The Morgan fingerprint density at radius 2 is 1.87 bits per heavy atom. The van der Waals surface area contributed by atoms with E-state index in [0.29, 0.717) is 28.9 Å². The molecule has 0 amide bonds. The molecule has 31 heavy (non-hydrogen) atoms. The topological polar surface area (TPSA) is 72.6 Å². The minimum absolute atomic E-state index is 0.0683. The predicted octanol–water partition coefficient (Wildman–Crippen LogP) is 5.46. The monoisotopic (exact) mass is 460 g/mol. The third kappa shape index (κ3) is 4.57. The van der Waals surface area contributed by atoms with Crippen LogP contribution >= 0.6 is 11.6 Å². The van der Waals surface area contributed by atoms with Gasteiger partial charge in [0.25, 0.3) is 0 Å². The van der Waals surface area contributed by atoms with Gasteiger partial charge in [-0.25, -0.2) is 8.42 Å². The molecular weight excluding hydrogens is 436 g/mol. The standard InChI is InChI=1S/C23H25ClN2O4S/c1-3-29-19-7-9-20(10-8-19)31(27,28)22-23(26-13-11-16(2)12-14-26)30-21(25-22)17-5-4-6-18(24)15-17/h4-10,15-16H,3,11-14H2,1-2H3. The molecule has 0 saturated carbocycles. The molecule has 0 aliphatic carbocycles. The van der Waals surface area contributed by atoms with Gasteiger partial charge in [-0.1, -0.05) is 24.6 Å². The maximum Gasteiger partial charge on any atom is 0.236 e. The van der Waals surface area contributed by atoms with Gasteiger partial charge in [0.1, 0.15) is 5.75 Å². The summed E-state index contributed by atoms with van der Waals surface area (Å²) in [5.41, 5.74) is 0.632. The molecule has 0 unspecified atom stereocenters. The molecule has 0 bridgehead atoms. The minimum Gasteiger partial charge on any atom is -0.494 e. The van der Waals surface area contributed by atoms with Crippen molar-refractivity contribution < 1.29 is 17.6 Å². The van der Waals surface area contributed by atoms with E-state index in [-0.39, 0.29) is 21.7 Å². The van der Waals surface area contributed by atoms with Crippen molar-refractivity contribution in [2.45, 2.75) is 36.6 Å². The van der Waals surface area contributed by atoms with Crippen molar-refractivity contribution >= 4 is 27.3 Å². The first-order valence-electron chi connectivity index (χ1n) is 10.4. The van der Waals surface area contributed by atoms with E-state index >= 15 is 0 Å². The van der Waals surface area contributed by atoms with Crippen molar-refractivity contribution in [2.75, 3.05) is 24.6 Å². The second kappa shape index (κ2) is 8.93. The van der Waals surface area contributed by atoms with Crippen LogP contribution in [0.4, 0.5) is 5.88 Å². The summed E-state index contributed by atoms with van der Waals surface area (Å²) < 4.78 is 38.5. The van der Waals surface area contributed by atoms with Gasteiger partial charge in [0.05, 0.1) is 11.5 Å². The number of rotatable bonds is 6. The molecule has 0 atom stereocenters. The lowest BCUT2D eigenvalue weighted by Gasteiger charge is -2.30. The second-order valence-electron chi connectivity index (χ2n) is 7.72. The van der Waals surface area contributed by atoms with Gasteiger partial charge in [-0.15, -0.1) is 0 Å². The molecule has 6 nitrogen and oxygen atoms in total. The van der Waals surface area contributed by atoms with Crippen molar-refractivity contribution in [2.24, 2.45) is 5.92 Å². The van der Waals surface area contributed by atoms with Gasteiger partial charge >= 0.3 is 0 Å². The van der Waals surface area contributed by atoms with Crippen LogP contribution in [0.1, 0.15) is 26.7 Å². The molecule has 1 aliphatic heterocycles. The van der Waals surface area contributed by atoms with Gasteiger partial charge in [0.15, 0.2) is 0 Å². The Balaban J connectivity index is 1.79. The van der Waals surface area contributed by atoms with Gasteiger partial charge in [0, 0.05) is 23.7 Å². The largest absolute Gasteiger partial charge is 0.494 e. The van der Waals surface area contributed by atoms with Crippen molar-refractivity contribution in [1.82, 2.24) is 4.98 Å². The van der Waals surface area contributed by atoms with Crippen LogP contribution in [0.3, 0.4) is 0 Å². The Morgan fingerprint density at radius 1 is 1.16 bits per heavy atom. The predicted molar refractivity (Wildman–Crippen MR) is 121 cm³/mol. The average molecular weight is 461 g/mol. The Bertz CT molecular complexity index is 1150. The normalized spacial score (nSPS) is 15.3. The molecule has 1 saturated heterocycles. The number of hydrogen-bond donors (Lipinski definition) is 0. The summed E-state index contributed by atoms with van der Waals surface area (Å²) in [7, 11) is -3.90. The van der Waals surface area contributed by atoms with Crippen LogP contribution < -0.4 is 9.64 Å². The van der Waals surface area contributed by atoms with E-state index < -0.39 is 9.84 Å². The van der Waals surface area contributed by atoms with Crippen molar-refractivity contribution in [1.29, 1.82) is 0 Å². The van der Waals surface area contributed by atoms with Crippen LogP contribution in [0.2, 0.25) is 5.02 Å². The summed E-state index contributed by atoms with van der Waals surface area (Å²) in [5, 5.41) is 0.459. The van der Waals surface area contributed by atoms with Crippen molar-refractivity contribution in [3.05, 3.63) is 53.6 Å². The number of piperidine rings is 1. The molecule has 1 aromatic heterocycles. The number of benzene rings is 2. The number of anilines is 1. The second-order valence-corrected chi connectivity index (χ2v) is 10.0. The Labute approximate surface area is 187 Å². The number of nitrogens with zero attached hydrogens (tertiary/aromatic N) is 2. The highest BCUT2D eigenvalue weighted by atomic mass is 35.5. The fraction of sp³-hybridized carbons (Fsp3) is 0.348. The molecule has 164 valence electrons. The molecule has 2 heterocycles. The highest BCUT2D eigenvalue weighted by molar-refractivity contribution is 7.91. The van der Waals surface area contributed by atoms with Crippen molar-refractivity contribution in [3.8, 4) is 17.2 Å². The lowest BCUT2D eigenvalue weighted by Crippen LogP contribution is -2.33. The van der Waals surface area contributed by atoms with Gasteiger partial charge in [-0.05, 0) is 68.1 Å². The summed E-state index contributed by atoms with van der Waals surface area (Å²) in [6.45, 7) is 6.03. The SMILES string of the molecule is CCOc1ccc(S(=O)(=O)c2nc(-c3cccc(Cl)c3)oc2N2CCC(C)CC2)cc1. The van der Waals surface area contributed by atoms with Gasteiger partial charge < -0.3 is 14.1 Å². The van der Waals surface area contributed by atoms with E-state index in [1.807, 2.05) is 11.8 Å². The molecule has 1 aliphatic rings. The number of hydrogen-bond acceptors (Lipinski definition) is 6. The minimum atomic E-state index is -3.90. The first-order valence-corrected chi connectivity index (χ1v) is 12.2. The third-order valence-electron chi connectivity index (χ3n) is 5.42. The number of halogens is 1. The molecular formula is C23H25ClN2O4S. The Morgan fingerprint density at radius 3 is 2.52 bits per heavy atom. The Kier molecular flexibility index (Phi) is 6.25. The van der Waals surface area contributed by atoms with E-state index in [1.54, 1.807) is 36.4 Å². The van der Waals surface area contributed by atoms with Gasteiger partial charge in [0.2, 0.25) is 26.6 Å². The van der Waals surface area contributed by atoms with E-state index in [1.165, 1.54) is 12.1 Å². The molecule has 2 aromatic carbocycles. The molecule has 0 spiro atoms. The first-order chi connectivity index (χ1) is 14.9. The summed E-state index contributed by atoms with van der Waals surface area (Å²) in [6, 6.07) is 13.4. The zero-order chi connectivity index (χ0) is 22.0. The number of ether oxygens (including phenoxy) is 1. The molecule has 0 radical (unpaired) electrons. The average Bonchev–Trinajstić information content (AvgIpc) is 3.21. The van der Waals surface area contributed by atoms with Crippen LogP contribution in [0.15, 0.2) is 62.9 Å². The molecule has 4 rings (SSSR count). The van der Waals surface area contributed by atoms with Gasteiger partial charge in [-0.2, -0.15) is 4.98 Å². The van der Waals surface area contributed by atoms with Crippen LogP contribution in [0, 0.1) is 5.92 Å². The van der Waals surface area contributed by atoms with Crippen LogP contribution in [-0.2, 0) is 9.84 Å². The number of sulfone groups is 1. The fourth-order valence-corrected chi connectivity index (χ4v) is 5.13. The molecule has 1 fully saturated rings. The van der Waals surface area contributed by atoms with Crippen LogP contribution in [0.25, 0.3) is 11.5 Å². The summed E-state index contributed by atoms with van der Waals surface area (Å²) >= 11 is 6.12. The maximum atomic E-state index is 13.5. The molecule has 0 N–H and O–H groups in total. The van der Waals surface area contributed by atoms with Crippen LogP contribution in [0.5, 0.6) is 5.75 Å².